The Labute approximate surface area is 309 Å². The fraction of sp³-hybridized carbons (Fsp3) is 0.122. The average Bonchev–Trinajstić information content (AvgIpc) is 3.15. The van der Waals surface area contributed by atoms with E-state index >= 15 is 0 Å². The van der Waals surface area contributed by atoms with Crippen molar-refractivity contribution in [3.8, 4) is 0 Å². The van der Waals surface area contributed by atoms with E-state index in [2.05, 4.69) is 31.9 Å². The summed E-state index contributed by atoms with van der Waals surface area (Å²) in [5.74, 6) is -1.60. The Hall–Kier alpha value is -5.45. The van der Waals surface area contributed by atoms with E-state index in [0.29, 0.717) is 29.1 Å². The molecule has 0 saturated carbocycles. The van der Waals surface area contributed by atoms with Gasteiger partial charge < -0.3 is 20.7 Å². The van der Waals surface area contributed by atoms with Crippen LogP contribution in [0.2, 0.25) is 0 Å². The van der Waals surface area contributed by atoms with Crippen LogP contribution in [0.25, 0.3) is 6.08 Å². The second-order valence-electron chi connectivity index (χ2n) is 11.4. The molecule has 51 heavy (non-hydrogen) atoms. The summed E-state index contributed by atoms with van der Waals surface area (Å²) in [6.45, 7) is 2.39. The maximum Gasteiger partial charge on any atom is 0.338 e. The molecule has 5 aromatic carbocycles. The van der Waals surface area contributed by atoms with Crippen LogP contribution in [0.5, 0.6) is 0 Å². The van der Waals surface area contributed by atoms with Gasteiger partial charge in [-0.25, -0.2) is 4.79 Å². The van der Waals surface area contributed by atoms with Crippen molar-refractivity contribution in [3.63, 3.8) is 0 Å². The van der Waals surface area contributed by atoms with Gasteiger partial charge in [-0.3, -0.25) is 14.4 Å². The molecule has 10 heteroatoms. The van der Waals surface area contributed by atoms with Crippen LogP contribution < -0.4 is 16.0 Å². The zero-order valence-electron chi connectivity index (χ0n) is 27.8. The molecule has 1 atom stereocenters. The average molecular weight is 763 g/mol. The van der Waals surface area contributed by atoms with Crippen LogP contribution in [0.15, 0.2) is 149 Å². The molecule has 8 nitrogen and oxygen atoms in total. The lowest BCUT2D eigenvalue weighted by Crippen LogP contribution is -2.30. The summed E-state index contributed by atoms with van der Waals surface area (Å²) in [7, 11) is 0. The molecule has 0 heterocycles. The van der Waals surface area contributed by atoms with Gasteiger partial charge in [0.1, 0.15) is 10.9 Å². The van der Waals surface area contributed by atoms with Crippen LogP contribution in [-0.2, 0) is 14.3 Å². The summed E-state index contributed by atoms with van der Waals surface area (Å²) >= 11 is 4.75. The van der Waals surface area contributed by atoms with E-state index in [-0.39, 0.29) is 11.6 Å². The van der Waals surface area contributed by atoms with Crippen LogP contribution >= 0.6 is 27.7 Å². The van der Waals surface area contributed by atoms with Crippen LogP contribution in [0.4, 0.5) is 11.4 Å². The van der Waals surface area contributed by atoms with Crippen molar-refractivity contribution in [3.05, 3.63) is 166 Å². The first-order valence-electron chi connectivity index (χ1n) is 16.3. The van der Waals surface area contributed by atoms with Crippen LogP contribution in [0.1, 0.15) is 56.9 Å². The molecule has 0 aliphatic heterocycles. The van der Waals surface area contributed by atoms with Gasteiger partial charge in [0.2, 0.25) is 5.91 Å². The first-order chi connectivity index (χ1) is 24.8. The zero-order valence-corrected chi connectivity index (χ0v) is 30.2. The zero-order chi connectivity index (χ0) is 36.0. The third-order valence-corrected chi connectivity index (χ3v) is 9.29. The number of rotatable bonds is 14. The Kier molecular flexibility index (Phi) is 13.4. The number of halogens is 1. The fourth-order valence-corrected chi connectivity index (χ4v) is 6.19. The summed E-state index contributed by atoms with van der Waals surface area (Å²) in [6.07, 6.45) is 3.34. The predicted octanol–water partition coefficient (Wildman–Crippen LogP) is 9.29. The van der Waals surface area contributed by atoms with Crippen molar-refractivity contribution in [2.24, 2.45) is 0 Å². The normalized spacial score (nSPS) is 11.6. The number of ether oxygens (including phenoxy) is 1. The van der Waals surface area contributed by atoms with Crippen molar-refractivity contribution in [2.45, 2.75) is 29.9 Å². The van der Waals surface area contributed by atoms with Crippen molar-refractivity contribution in [2.75, 3.05) is 17.2 Å². The predicted molar refractivity (Wildman–Crippen MR) is 206 cm³/mol. The highest BCUT2D eigenvalue weighted by Gasteiger charge is 2.23. The van der Waals surface area contributed by atoms with E-state index in [1.807, 2.05) is 73.7 Å². The highest BCUT2D eigenvalue weighted by Crippen LogP contribution is 2.37. The summed E-state index contributed by atoms with van der Waals surface area (Å²) in [5.41, 5.74) is 3.41. The lowest BCUT2D eigenvalue weighted by Gasteiger charge is -2.18. The van der Waals surface area contributed by atoms with Crippen LogP contribution in [0, 0.1) is 0 Å². The minimum absolute atomic E-state index is 0.0611. The third-order valence-electron chi connectivity index (χ3n) is 7.52. The first kappa shape index (κ1) is 36.8. The van der Waals surface area contributed by atoms with E-state index < -0.39 is 23.0 Å². The molecule has 0 aliphatic rings. The van der Waals surface area contributed by atoms with E-state index in [1.54, 1.807) is 72.8 Å². The third kappa shape index (κ3) is 11.0. The maximum atomic E-state index is 13.7. The van der Waals surface area contributed by atoms with E-state index in [9.17, 15) is 19.2 Å². The number of carbonyl (C=O) groups is 4. The Bertz CT molecular complexity index is 1990. The Morgan fingerprint density at radius 1 is 0.745 bits per heavy atom. The van der Waals surface area contributed by atoms with Gasteiger partial charge in [-0.2, -0.15) is 0 Å². The standard InChI is InChI=1S/C41H36BrN3O5S/c1-2-3-25-50-41(49)31-19-23-33(24-20-31)43-40(48)37(29-11-6-4-7-12-29)51-35-16-10-15-34(27-35)44-39(47)36(26-28-17-21-32(42)22-18-28)45-38(46)30-13-8-5-9-14-30/h4-24,26-27,37H,2-3,25H2,1H3,(H,43,48)(H,44,47)(H,45,46)/b36-26-. The van der Waals surface area contributed by atoms with Gasteiger partial charge in [0, 0.05) is 26.3 Å². The first-order valence-corrected chi connectivity index (χ1v) is 18.0. The summed E-state index contributed by atoms with van der Waals surface area (Å²) < 4.78 is 6.17. The number of amides is 3. The minimum atomic E-state index is -0.645. The largest absolute Gasteiger partial charge is 0.462 e. The number of hydrogen-bond donors (Lipinski definition) is 3. The smallest absolute Gasteiger partial charge is 0.338 e. The van der Waals surface area contributed by atoms with Crippen molar-refractivity contribution < 1.29 is 23.9 Å². The number of esters is 1. The van der Waals surface area contributed by atoms with Gasteiger partial charge in [-0.15, -0.1) is 11.8 Å². The molecule has 0 spiro atoms. The van der Waals surface area contributed by atoms with Crippen LogP contribution in [-0.4, -0.2) is 30.3 Å². The number of anilines is 2. The molecule has 258 valence electrons. The van der Waals surface area contributed by atoms with Gasteiger partial charge in [-0.05, 0) is 90.4 Å². The minimum Gasteiger partial charge on any atom is -0.462 e. The fourth-order valence-electron chi connectivity index (χ4n) is 4.84. The highest BCUT2D eigenvalue weighted by atomic mass is 79.9. The molecule has 0 aliphatic carbocycles. The van der Waals surface area contributed by atoms with Crippen LogP contribution in [0.3, 0.4) is 0 Å². The van der Waals surface area contributed by atoms with E-state index in [1.165, 1.54) is 11.8 Å². The van der Waals surface area contributed by atoms with Crippen molar-refractivity contribution in [1.82, 2.24) is 5.32 Å². The number of thioether (sulfide) groups is 1. The van der Waals surface area contributed by atoms with E-state index in [4.69, 9.17) is 4.74 Å². The Balaban J connectivity index is 1.32. The number of unbranched alkanes of at least 4 members (excludes halogenated alkanes) is 1. The lowest BCUT2D eigenvalue weighted by atomic mass is 10.1. The van der Waals surface area contributed by atoms with Gasteiger partial charge in [0.25, 0.3) is 11.8 Å². The molecule has 0 aromatic heterocycles. The molecule has 5 aromatic rings. The molecule has 0 bridgehead atoms. The summed E-state index contributed by atoms with van der Waals surface area (Å²) in [4.78, 5) is 53.5. The number of hydrogen-bond acceptors (Lipinski definition) is 6. The second-order valence-corrected chi connectivity index (χ2v) is 13.5. The Morgan fingerprint density at radius 3 is 2.12 bits per heavy atom. The van der Waals surface area contributed by atoms with Gasteiger partial charge >= 0.3 is 5.97 Å². The molecule has 0 saturated heterocycles. The molecule has 1 unspecified atom stereocenters. The maximum absolute atomic E-state index is 13.7. The number of carbonyl (C=O) groups excluding carboxylic acids is 4. The quantitative estimate of drug-likeness (QED) is 0.0450. The van der Waals surface area contributed by atoms with Crippen molar-refractivity contribution in [1.29, 1.82) is 0 Å². The molecular weight excluding hydrogens is 726 g/mol. The summed E-state index contributed by atoms with van der Waals surface area (Å²) in [5, 5.41) is 7.98. The SMILES string of the molecule is CCCCOC(=O)c1ccc(NC(=O)C(Sc2cccc(NC(=O)/C(=C/c3ccc(Br)cc3)NC(=O)c3ccccc3)c2)c2ccccc2)cc1. The molecule has 3 N–H and O–H groups in total. The highest BCUT2D eigenvalue weighted by molar-refractivity contribution is 9.10. The molecular formula is C41H36BrN3O5S. The molecule has 3 amide bonds. The topological polar surface area (TPSA) is 114 Å². The monoisotopic (exact) mass is 761 g/mol. The van der Waals surface area contributed by atoms with Gasteiger partial charge in [0.15, 0.2) is 0 Å². The molecule has 5 rings (SSSR count). The van der Waals surface area contributed by atoms with Gasteiger partial charge in [-0.1, -0.05) is 96.0 Å². The lowest BCUT2D eigenvalue weighted by molar-refractivity contribution is -0.116. The van der Waals surface area contributed by atoms with Gasteiger partial charge in [0.05, 0.1) is 12.2 Å². The number of benzene rings is 5. The van der Waals surface area contributed by atoms with Crippen molar-refractivity contribution >= 4 is 68.8 Å². The molecule has 0 radical (unpaired) electrons. The van der Waals surface area contributed by atoms with E-state index in [0.717, 1.165) is 33.3 Å². The number of nitrogens with one attached hydrogen (secondary N) is 3. The Morgan fingerprint density at radius 2 is 1.43 bits per heavy atom. The summed E-state index contributed by atoms with van der Waals surface area (Å²) in [6, 6.07) is 39.2. The molecule has 0 fully saturated rings. The second kappa shape index (κ2) is 18.5.